The fraction of sp³-hybridized carbons (Fsp3) is 0.526. The number of hydrogen-bond donors (Lipinski definition) is 1. The third kappa shape index (κ3) is 3.40. The van der Waals surface area contributed by atoms with Crippen LogP contribution in [0.2, 0.25) is 0 Å². The van der Waals surface area contributed by atoms with Gasteiger partial charge in [0.2, 0.25) is 0 Å². The molecule has 0 atom stereocenters. The number of nitrogens with one attached hydrogen (secondary N) is 1. The molecule has 3 aromatic carbocycles. The van der Waals surface area contributed by atoms with E-state index in [1.165, 1.54) is 87.1 Å². The minimum absolute atomic E-state index is 0.426. The van der Waals surface area contributed by atoms with E-state index in [2.05, 4.69) is 66.0 Å². The van der Waals surface area contributed by atoms with E-state index in [0.717, 1.165) is 64.2 Å². The van der Waals surface area contributed by atoms with Gasteiger partial charge >= 0.3 is 0 Å². The first-order valence-electron chi connectivity index (χ1n) is 16.5. The Hall–Kier alpha value is -2.74. The normalized spacial score (nSPS) is 39.0. The van der Waals surface area contributed by atoms with Crippen LogP contribution < -0.4 is 5.32 Å². The maximum atomic E-state index is 6.26. The molecule has 0 aliphatic heterocycles. The van der Waals surface area contributed by atoms with Crippen molar-refractivity contribution in [2.75, 3.05) is 5.32 Å². The van der Waals surface area contributed by atoms with E-state index in [1.54, 1.807) is 11.1 Å². The van der Waals surface area contributed by atoms with Gasteiger partial charge in [0, 0.05) is 28.2 Å². The molecule has 8 saturated carbocycles. The largest absolute Gasteiger partial charge is 0.456 e. The van der Waals surface area contributed by atoms with Crippen LogP contribution >= 0.6 is 0 Å². The molecule has 8 fully saturated rings. The lowest BCUT2D eigenvalue weighted by atomic mass is 9.47. The van der Waals surface area contributed by atoms with Gasteiger partial charge in [-0.2, -0.15) is 0 Å². The molecule has 8 aliphatic carbocycles. The van der Waals surface area contributed by atoms with Crippen LogP contribution in [0.25, 0.3) is 21.9 Å². The van der Waals surface area contributed by atoms with Gasteiger partial charge in [-0.25, -0.2) is 0 Å². The van der Waals surface area contributed by atoms with Crippen molar-refractivity contribution in [1.82, 2.24) is 0 Å². The Bertz CT molecular complexity index is 1580. The summed E-state index contributed by atoms with van der Waals surface area (Å²) in [6.45, 7) is 0. The SMILES string of the molecule is c1ccc2c(c1)oc1cc(Nc3cc(C4C5CC6CC(C5)CC4C6)cc(C45CC6CC(CC(C6)C4)C5)c3)ccc12. The van der Waals surface area contributed by atoms with Crippen LogP contribution in [-0.2, 0) is 5.41 Å². The second-order valence-electron chi connectivity index (χ2n) is 15.4. The number of furan rings is 1. The summed E-state index contributed by atoms with van der Waals surface area (Å²) in [5.74, 6) is 7.59. The predicted octanol–water partition coefficient (Wildman–Crippen LogP) is 10.3. The number of anilines is 2. The molecule has 204 valence electrons. The predicted molar refractivity (Wildman–Crippen MR) is 163 cm³/mol. The first-order valence-corrected chi connectivity index (χ1v) is 16.5. The van der Waals surface area contributed by atoms with Gasteiger partial charge in [-0.1, -0.05) is 24.3 Å². The molecule has 0 radical (unpaired) electrons. The Morgan fingerprint density at radius 3 is 1.95 bits per heavy atom. The summed E-state index contributed by atoms with van der Waals surface area (Å²) in [6.07, 6.45) is 16.3. The minimum Gasteiger partial charge on any atom is -0.456 e. The molecule has 0 unspecified atom stereocenters. The molecular formula is C38H41NO. The molecule has 1 N–H and O–H groups in total. The van der Waals surface area contributed by atoms with E-state index >= 15 is 0 Å². The summed E-state index contributed by atoms with van der Waals surface area (Å²) in [5.41, 5.74) is 8.19. The second-order valence-corrected chi connectivity index (χ2v) is 15.4. The Kier molecular flexibility index (Phi) is 4.68. The molecule has 1 aromatic heterocycles. The summed E-state index contributed by atoms with van der Waals surface area (Å²) >= 11 is 0. The number of benzene rings is 3. The van der Waals surface area contributed by atoms with Gasteiger partial charge in [-0.15, -0.1) is 0 Å². The molecule has 2 nitrogen and oxygen atoms in total. The van der Waals surface area contributed by atoms with Crippen LogP contribution in [-0.4, -0.2) is 0 Å². The molecule has 2 heteroatoms. The van der Waals surface area contributed by atoms with Gasteiger partial charge in [0.25, 0.3) is 0 Å². The van der Waals surface area contributed by atoms with E-state index in [9.17, 15) is 0 Å². The van der Waals surface area contributed by atoms with Crippen LogP contribution in [0.4, 0.5) is 11.4 Å². The molecule has 0 spiro atoms. The van der Waals surface area contributed by atoms with E-state index in [-0.39, 0.29) is 0 Å². The van der Waals surface area contributed by atoms with Gasteiger partial charge in [-0.3, -0.25) is 0 Å². The molecule has 0 saturated heterocycles. The summed E-state index contributed by atoms with van der Waals surface area (Å²) in [6, 6.07) is 23.0. The van der Waals surface area contributed by atoms with Crippen molar-refractivity contribution in [3.05, 3.63) is 71.8 Å². The van der Waals surface area contributed by atoms with Crippen LogP contribution in [0.15, 0.2) is 65.1 Å². The van der Waals surface area contributed by atoms with Crippen molar-refractivity contribution in [1.29, 1.82) is 0 Å². The topological polar surface area (TPSA) is 25.2 Å². The molecular weight excluding hydrogens is 486 g/mol. The fourth-order valence-corrected chi connectivity index (χ4v) is 12.1. The van der Waals surface area contributed by atoms with Crippen molar-refractivity contribution in [3.63, 3.8) is 0 Å². The van der Waals surface area contributed by atoms with Crippen LogP contribution in [0.3, 0.4) is 0 Å². The lowest BCUT2D eigenvalue weighted by molar-refractivity contribution is -0.00700. The highest BCUT2D eigenvalue weighted by Gasteiger charge is 2.53. The van der Waals surface area contributed by atoms with E-state index in [4.69, 9.17) is 4.42 Å². The number of para-hydroxylation sites is 1. The van der Waals surface area contributed by atoms with Crippen molar-refractivity contribution in [2.24, 2.45) is 41.4 Å². The standard InChI is InChI=1S/C38H41NO/c1-2-4-35-33(3-1)34-6-5-31(18-36(34)40-35)39-32-16-29(37-27-11-22-7-23(13-27)14-28(37)12-22)15-30(17-32)38-19-24-8-25(20-38)10-26(9-24)21-38/h1-6,15-18,22-28,37,39H,7-14,19-21H2. The summed E-state index contributed by atoms with van der Waals surface area (Å²) < 4.78 is 6.26. The Labute approximate surface area is 237 Å². The number of hydrogen-bond acceptors (Lipinski definition) is 2. The maximum Gasteiger partial charge on any atom is 0.137 e. The zero-order valence-electron chi connectivity index (χ0n) is 23.6. The molecule has 12 rings (SSSR count). The van der Waals surface area contributed by atoms with Crippen LogP contribution in [0.1, 0.15) is 87.7 Å². The first kappa shape index (κ1) is 22.9. The van der Waals surface area contributed by atoms with Crippen molar-refractivity contribution < 1.29 is 4.42 Å². The zero-order valence-corrected chi connectivity index (χ0v) is 23.6. The second kappa shape index (κ2) is 8.17. The highest BCUT2D eigenvalue weighted by atomic mass is 16.3. The quantitative estimate of drug-likeness (QED) is 0.285. The van der Waals surface area contributed by atoms with Gasteiger partial charge < -0.3 is 9.73 Å². The molecule has 40 heavy (non-hydrogen) atoms. The highest BCUT2D eigenvalue weighted by Crippen LogP contribution is 2.63. The average Bonchev–Trinajstić information content (AvgIpc) is 3.29. The van der Waals surface area contributed by atoms with Crippen LogP contribution in [0.5, 0.6) is 0 Å². The molecule has 4 aromatic rings. The average molecular weight is 528 g/mol. The smallest absolute Gasteiger partial charge is 0.137 e. The fourth-order valence-electron chi connectivity index (χ4n) is 12.1. The molecule has 8 aliphatic rings. The Morgan fingerprint density at radius 2 is 1.23 bits per heavy atom. The van der Waals surface area contributed by atoms with Gasteiger partial charge in [-0.05, 0) is 165 Å². The van der Waals surface area contributed by atoms with Gasteiger partial charge in [0.1, 0.15) is 11.2 Å². The highest BCUT2D eigenvalue weighted by molar-refractivity contribution is 6.05. The molecule has 8 bridgehead atoms. The summed E-state index contributed by atoms with van der Waals surface area (Å²) in [7, 11) is 0. The van der Waals surface area contributed by atoms with Gasteiger partial charge in [0.15, 0.2) is 0 Å². The third-order valence-corrected chi connectivity index (χ3v) is 12.9. The van der Waals surface area contributed by atoms with E-state index in [1.807, 2.05) is 0 Å². The number of rotatable bonds is 4. The van der Waals surface area contributed by atoms with Crippen molar-refractivity contribution >= 4 is 33.3 Å². The Balaban J connectivity index is 1.07. The number of fused-ring (bicyclic) bond motifs is 3. The molecule has 1 heterocycles. The van der Waals surface area contributed by atoms with E-state index in [0.29, 0.717) is 5.41 Å². The molecule has 0 amide bonds. The maximum absolute atomic E-state index is 6.26. The first-order chi connectivity index (χ1) is 19.6. The van der Waals surface area contributed by atoms with E-state index < -0.39 is 0 Å². The Morgan fingerprint density at radius 1 is 0.575 bits per heavy atom. The monoisotopic (exact) mass is 527 g/mol. The zero-order chi connectivity index (χ0) is 26.0. The minimum atomic E-state index is 0.426. The lowest BCUT2D eigenvalue weighted by Crippen LogP contribution is -2.48. The summed E-state index contributed by atoms with van der Waals surface area (Å²) in [5, 5.41) is 6.33. The van der Waals surface area contributed by atoms with Crippen molar-refractivity contribution in [3.8, 4) is 0 Å². The van der Waals surface area contributed by atoms with Crippen molar-refractivity contribution in [2.45, 2.75) is 82.0 Å². The lowest BCUT2D eigenvalue weighted by Gasteiger charge is -2.57. The summed E-state index contributed by atoms with van der Waals surface area (Å²) in [4.78, 5) is 0. The van der Waals surface area contributed by atoms with Gasteiger partial charge in [0.05, 0.1) is 0 Å². The third-order valence-electron chi connectivity index (χ3n) is 12.9. The van der Waals surface area contributed by atoms with Crippen LogP contribution in [0, 0.1) is 41.4 Å².